The molecule has 0 aliphatic carbocycles. The zero-order valence-electron chi connectivity index (χ0n) is 13.4. The molecule has 126 valence electrons. The van der Waals surface area contributed by atoms with E-state index in [1.807, 2.05) is 19.2 Å². The molecule has 4 aromatic heterocycles. The fourth-order valence-corrected chi connectivity index (χ4v) is 2.46. The van der Waals surface area contributed by atoms with E-state index < -0.39 is 0 Å². The highest BCUT2D eigenvalue weighted by molar-refractivity contribution is 5.89. The fraction of sp³-hybridized carbons (Fsp3) is 0.200. The molecule has 0 aliphatic heterocycles. The standard InChI is InChI=1S/C15H15N9O/c1-2-24-19-8-13(21-24)20-14(25)10-22-9-11(6-17-22)12-7-18-23-5-3-4-16-15(12)23/h3-9H,2,10H2,1H3,(H,20,21,25). The van der Waals surface area contributed by atoms with Crippen LogP contribution in [-0.4, -0.2) is 45.3 Å². The minimum atomic E-state index is -0.226. The van der Waals surface area contributed by atoms with E-state index in [0.717, 1.165) is 16.8 Å². The summed E-state index contributed by atoms with van der Waals surface area (Å²) in [6, 6.07) is 1.81. The molecule has 0 bridgehead atoms. The van der Waals surface area contributed by atoms with Crippen molar-refractivity contribution >= 4 is 17.4 Å². The zero-order chi connectivity index (χ0) is 17.2. The molecule has 4 aromatic rings. The summed E-state index contributed by atoms with van der Waals surface area (Å²) in [5.74, 6) is 0.196. The number of nitrogens with zero attached hydrogens (tertiary/aromatic N) is 8. The first-order valence-electron chi connectivity index (χ1n) is 7.74. The molecule has 10 nitrogen and oxygen atoms in total. The fourth-order valence-electron chi connectivity index (χ4n) is 2.46. The molecule has 0 radical (unpaired) electrons. The molecule has 0 unspecified atom stereocenters. The predicted molar refractivity (Wildman–Crippen MR) is 88.5 cm³/mol. The summed E-state index contributed by atoms with van der Waals surface area (Å²) in [5, 5.41) is 19.3. The molecule has 0 spiro atoms. The molecule has 0 fully saturated rings. The zero-order valence-corrected chi connectivity index (χ0v) is 13.4. The molecule has 0 saturated heterocycles. The summed E-state index contributed by atoms with van der Waals surface area (Å²) in [4.78, 5) is 17.9. The van der Waals surface area contributed by atoms with E-state index in [0.29, 0.717) is 12.4 Å². The van der Waals surface area contributed by atoms with Gasteiger partial charge in [-0.25, -0.2) is 9.50 Å². The highest BCUT2D eigenvalue weighted by Gasteiger charge is 2.12. The number of carbonyl (C=O) groups excluding carboxylic acids is 1. The van der Waals surface area contributed by atoms with Gasteiger partial charge in [-0.2, -0.15) is 20.1 Å². The smallest absolute Gasteiger partial charge is 0.247 e. The van der Waals surface area contributed by atoms with Crippen LogP contribution in [0.15, 0.2) is 43.2 Å². The average Bonchev–Trinajstić information content (AvgIpc) is 3.33. The molecule has 1 amide bonds. The number of amides is 1. The van der Waals surface area contributed by atoms with Crippen LogP contribution in [0.25, 0.3) is 16.8 Å². The van der Waals surface area contributed by atoms with E-state index in [2.05, 4.69) is 30.7 Å². The summed E-state index contributed by atoms with van der Waals surface area (Å²) in [6.07, 6.45) is 10.3. The summed E-state index contributed by atoms with van der Waals surface area (Å²) < 4.78 is 3.25. The highest BCUT2D eigenvalue weighted by Crippen LogP contribution is 2.22. The van der Waals surface area contributed by atoms with Crippen LogP contribution in [0.5, 0.6) is 0 Å². The molecule has 0 aromatic carbocycles. The summed E-state index contributed by atoms with van der Waals surface area (Å²) in [6.45, 7) is 2.64. The number of aryl methyl sites for hydroxylation is 1. The summed E-state index contributed by atoms with van der Waals surface area (Å²) in [7, 11) is 0. The van der Waals surface area contributed by atoms with Crippen LogP contribution in [-0.2, 0) is 17.9 Å². The second kappa shape index (κ2) is 6.15. The minimum Gasteiger partial charge on any atom is -0.306 e. The van der Waals surface area contributed by atoms with Gasteiger partial charge < -0.3 is 5.32 Å². The molecule has 4 rings (SSSR count). The van der Waals surface area contributed by atoms with Gasteiger partial charge in [-0.1, -0.05) is 0 Å². The van der Waals surface area contributed by atoms with Gasteiger partial charge in [0, 0.05) is 29.7 Å². The van der Waals surface area contributed by atoms with Crippen LogP contribution < -0.4 is 5.32 Å². The summed E-state index contributed by atoms with van der Waals surface area (Å²) >= 11 is 0. The van der Waals surface area contributed by atoms with Crippen LogP contribution in [0, 0.1) is 0 Å². The van der Waals surface area contributed by atoms with E-state index >= 15 is 0 Å². The highest BCUT2D eigenvalue weighted by atomic mass is 16.2. The molecule has 0 atom stereocenters. The van der Waals surface area contributed by atoms with Crippen molar-refractivity contribution in [1.82, 2.24) is 39.4 Å². The van der Waals surface area contributed by atoms with Crippen molar-refractivity contribution in [3.05, 3.63) is 43.2 Å². The van der Waals surface area contributed by atoms with Gasteiger partial charge in [0.2, 0.25) is 5.91 Å². The Morgan fingerprint density at radius 2 is 2.12 bits per heavy atom. The van der Waals surface area contributed by atoms with Gasteiger partial charge in [0.05, 0.1) is 25.1 Å². The van der Waals surface area contributed by atoms with E-state index in [1.165, 1.54) is 11.0 Å². The van der Waals surface area contributed by atoms with E-state index in [1.54, 1.807) is 34.0 Å². The van der Waals surface area contributed by atoms with Gasteiger partial charge in [0.25, 0.3) is 0 Å². The molecule has 0 saturated carbocycles. The number of hydrogen-bond acceptors (Lipinski definition) is 6. The van der Waals surface area contributed by atoms with E-state index in [4.69, 9.17) is 0 Å². The normalized spacial score (nSPS) is 11.1. The van der Waals surface area contributed by atoms with Crippen molar-refractivity contribution in [2.75, 3.05) is 5.32 Å². The lowest BCUT2D eigenvalue weighted by molar-refractivity contribution is -0.116. The monoisotopic (exact) mass is 337 g/mol. The van der Waals surface area contributed by atoms with Crippen LogP contribution in [0.2, 0.25) is 0 Å². The number of fused-ring (bicyclic) bond motifs is 1. The third kappa shape index (κ3) is 2.96. The maximum atomic E-state index is 12.1. The lowest BCUT2D eigenvalue weighted by Gasteiger charge is -2.01. The topological polar surface area (TPSA) is 108 Å². The van der Waals surface area contributed by atoms with Crippen LogP contribution >= 0.6 is 0 Å². The van der Waals surface area contributed by atoms with Gasteiger partial charge >= 0.3 is 0 Å². The summed E-state index contributed by atoms with van der Waals surface area (Å²) in [5.41, 5.74) is 2.44. The molecule has 1 N–H and O–H groups in total. The Bertz CT molecular complexity index is 1030. The van der Waals surface area contributed by atoms with Crippen LogP contribution in [0.1, 0.15) is 6.92 Å². The van der Waals surface area contributed by atoms with Crippen molar-refractivity contribution < 1.29 is 4.79 Å². The van der Waals surface area contributed by atoms with Crippen LogP contribution in [0.3, 0.4) is 0 Å². The third-order valence-corrected chi connectivity index (χ3v) is 3.62. The molecular formula is C15H15N9O. The Morgan fingerprint density at radius 3 is 2.96 bits per heavy atom. The van der Waals surface area contributed by atoms with E-state index in [-0.39, 0.29) is 12.5 Å². The van der Waals surface area contributed by atoms with Crippen molar-refractivity contribution in [2.45, 2.75) is 20.0 Å². The molecule has 4 heterocycles. The van der Waals surface area contributed by atoms with Crippen molar-refractivity contribution in [3.8, 4) is 11.1 Å². The number of rotatable bonds is 5. The Kier molecular flexibility index (Phi) is 3.69. The number of aromatic nitrogens is 8. The van der Waals surface area contributed by atoms with Gasteiger partial charge in [-0.15, -0.1) is 5.10 Å². The molecular weight excluding hydrogens is 322 g/mol. The van der Waals surface area contributed by atoms with Crippen molar-refractivity contribution in [3.63, 3.8) is 0 Å². The van der Waals surface area contributed by atoms with Gasteiger partial charge in [-0.3, -0.25) is 9.48 Å². The van der Waals surface area contributed by atoms with Crippen molar-refractivity contribution in [2.24, 2.45) is 0 Å². The number of anilines is 1. The Labute approximate surface area is 142 Å². The molecule has 10 heteroatoms. The SMILES string of the molecule is CCn1ncc(NC(=O)Cn2cc(-c3cnn4cccnc34)cn2)n1. The Balaban J connectivity index is 1.48. The molecule has 0 aliphatic rings. The Hall–Kier alpha value is -3.56. The van der Waals surface area contributed by atoms with Crippen LogP contribution in [0.4, 0.5) is 5.82 Å². The quantitative estimate of drug-likeness (QED) is 0.578. The first kappa shape index (κ1) is 15.0. The minimum absolute atomic E-state index is 0.0750. The molecule has 25 heavy (non-hydrogen) atoms. The number of hydrogen-bond donors (Lipinski definition) is 1. The number of carbonyl (C=O) groups is 1. The number of nitrogens with one attached hydrogen (secondary N) is 1. The predicted octanol–water partition coefficient (Wildman–Crippen LogP) is 0.843. The van der Waals surface area contributed by atoms with Gasteiger partial charge in [-0.05, 0) is 13.0 Å². The lowest BCUT2D eigenvalue weighted by Crippen LogP contribution is -2.19. The largest absolute Gasteiger partial charge is 0.306 e. The maximum absolute atomic E-state index is 12.1. The third-order valence-electron chi connectivity index (χ3n) is 3.62. The Morgan fingerprint density at radius 1 is 1.20 bits per heavy atom. The second-order valence-electron chi connectivity index (χ2n) is 5.34. The average molecular weight is 337 g/mol. The second-order valence-corrected chi connectivity index (χ2v) is 5.34. The first-order chi connectivity index (χ1) is 12.2. The van der Waals surface area contributed by atoms with Crippen molar-refractivity contribution in [1.29, 1.82) is 0 Å². The maximum Gasteiger partial charge on any atom is 0.247 e. The lowest BCUT2D eigenvalue weighted by atomic mass is 10.2. The van der Waals surface area contributed by atoms with Gasteiger partial charge in [0.1, 0.15) is 6.54 Å². The van der Waals surface area contributed by atoms with Gasteiger partial charge in [0.15, 0.2) is 11.5 Å². The van der Waals surface area contributed by atoms with E-state index in [9.17, 15) is 4.79 Å². The first-order valence-corrected chi connectivity index (χ1v) is 7.74.